The molecule has 2 aliphatic rings. The Kier molecular flexibility index (Phi) is 4.29. The van der Waals surface area contributed by atoms with Crippen LogP contribution in [0.1, 0.15) is 29.7 Å². The van der Waals surface area contributed by atoms with E-state index in [1.165, 1.54) is 11.1 Å². The molecular formula is C23H21N3O2. The van der Waals surface area contributed by atoms with E-state index in [0.717, 1.165) is 71.8 Å². The van der Waals surface area contributed by atoms with Crippen LogP contribution >= 0.6 is 0 Å². The smallest absolute Gasteiger partial charge is 0.142 e. The first-order valence-corrected chi connectivity index (χ1v) is 9.62. The molecule has 1 aliphatic heterocycles. The summed E-state index contributed by atoms with van der Waals surface area (Å²) < 4.78 is 6.37. The predicted molar refractivity (Wildman–Crippen MR) is 109 cm³/mol. The second-order valence-electron chi connectivity index (χ2n) is 7.19. The number of benzene rings is 1. The molecule has 0 radical (unpaired) electrons. The molecule has 140 valence electrons. The molecule has 1 aromatic carbocycles. The fourth-order valence-corrected chi connectivity index (χ4v) is 4.07. The highest BCUT2D eigenvalue weighted by molar-refractivity contribution is 6.04. The SMILES string of the molecule is ON=C1CCc2cc(-c3cc(C4=CCNCC4)oc3-c3ccncc3)ccc21. The van der Waals surface area contributed by atoms with E-state index in [4.69, 9.17) is 4.42 Å². The van der Waals surface area contributed by atoms with Gasteiger partial charge in [0.2, 0.25) is 0 Å². The fraction of sp³-hybridized carbons (Fsp3) is 0.217. The van der Waals surface area contributed by atoms with Crippen LogP contribution in [0.2, 0.25) is 0 Å². The largest absolute Gasteiger partial charge is 0.456 e. The van der Waals surface area contributed by atoms with Crippen LogP contribution in [0.3, 0.4) is 0 Å². The number of fused-ring (bicyclic) bond motifs is 1. The molecule has 5 heteroatoms. The van der Waals surface area contributed by atoms with Gasteiger partial charge in [-0.3, -0.25) is 4.98 Å². The molecule has 0 saturated carbocycles. The van der Waals surface area contributed by atoms with E-state index in [0.29, 0.717) is 0 Å². The molecule has 2 N–H and O–H groups in total. The summed E-state index contributed by atoms with van der Waals surface area (Å²) in [5.41, 5.74) is 7.49. The van der Waals surface area contributed by atoms with Crippen molar-refractivity contribution in [2.45, 2.75) is 19.3 Å². The Morgan fingerprint density at radius 3 is 2.64 bits per heavy atom. The minimum atomic E-state index is 0.767. The first-order valence-electron chi connectivity index (χ1n) is 9.62. The van der Waals surface area contributed by atoms with Gasteiger partial charge in [0, 0.05) is 35.6 Å². The quantitative estimate of drug-likeness (QED) is 0.525. The molecule has 0 fully saturated rings. The highest BCUT2D eigenvalue weighted by atomic mass is 16.4. The zero-order valence-electron chi connectivity index (χ0n) is 15.5. The van der Waals surface area contributed by atoms with Gasteiger partial charge in [-0.05, 0) is 60.7 Å². The summed E-state index contributed by atoms with van der Waals surface area (Å²) in [5.74, 6) is 1.80. The van der Waals surface area contributed by atoms with Crippen LogP contribution in [0.5, 0.6) is 0 Å². The summed E-state index contributed by atoms with van der Waals surface area (Å²) >= 11 is 0. The summed E-state index contributed by atoms with van der Waals surface area (Å²) in [4.78, 5) is 4.14. The second kappa shape index (κ2) is 7.09. The fourth-order valence-electron chi connectivity index (χ4n) is 4.07. The Bertz CT molecular complexity index is 1080. The Morgan fingerprint density at radius 1 is 0.964 bits per heavy atom. The lowest BCUT2D eigenvalue weighted by molar-refractivity contribution is 0.318. The summed E-state index contributed by atoms with van der Waals surface area (Å²) in [6.45, 7) is 1.84. The normalized spacial score (nSPS) is 17.6. The van der Waals surface area contributed by atoms with Gasteiger partial charge in [0.15, 0.2) is 0 Å². The van der Waals surface area contributed by atoms with Crippen molar-refractivity contribution in [2.75, 3.05) is 13.1 Å². The lowest BCUT2D eigenvalue weighted by Gasteiger charge is -2.11. The molecule has 2 aromatic heterocycles. The Morgan fingerprint density at radius 2 is 1.86 bits per heavy atom. The molecule has 0 bridgehead atoms. The standard InChI is InChI=1S/C23H21N3O2/c27-26-21-4-2-17-13-18(1-3-19(17)21)20-14-22(15-5-9-24-10-6-15)28-23(20)16-7-11-25-12-8-16/h1,3,5,7-8,11-14,24,27H,2,4,6,9-10H2. The van der Waals surface area contributed by atoms with Crippen LogP contribution in [0.15, 0.2) is 64.4 Å². The molecule has 1 aliphatic carbocycles. The zero-order chi connectivity index (χ0) is 18.9. The van der Waals surface area contributed by atoms with Crippen molar-refractivity contribution in [3.05, 3.63) is 71.8 Å². The van der Waals surface area contributed by atoms with Gasteiger partial charge < -0.3 is 14.9 Å². The summed E-state index contributed by atoms with van der Waals surface area (Å²) in [5, 5.41) is 16.0. The Hall–Kier alpha value is -3.18. The number of nitrogens with one attached hydrogen (secondary N) is 1. The van der Waals surface area contributed by atoms with Gasteiger partial charge in [-0.1, -0.05) is 29.4 Å². The van der Waals surface area contributed by atoms with Gasteiger partial charge >= 0.3 is 0 Å². The molecule has 28 heavy (non-hydrogen) atoms. The Balaban J connectivity index is 1.64. The first-order chi connectivity index (χ1) is 13.8. The second-order valence-corrected chi connectivity index (χ2v) is 7.19. The third kappa shape index (κ3) is 2.94. The molecule has 0 saturated heterocycles. The predicted octanol–water partition coefficient (Wildman–Crippen LogP) is 4.51. The van der Waals surface area contributed by atoms with Gasteiger partial charge in [0.05, 0.1) is 5.71 Å². The third-order valence-corrected chi connectivity index (χ3v) is 5.53. The van der Waals surface area contributed by atoms with Gasteiger partial charge in [-0.15, -0.1) is 0 Å². The number of aromatic nitrogens is 1. The van der Waals surface area contributed by atoms with E-state index >= 15 is 0 Å². The number of oxime groups is 1. The average molecular weight is 371 g/mol. The molecule has 3 aromatic rings. The number of pyridine rings is 1. The molecular weight excluding hydrogens is 350 g/mol. The number of hydrogen-bond acceptors (Lipinski definition) is 5. The summed E-state index contributed by atoms with van der Waals surface area (Å²) in [6.07, 6.45) is 8.42. The van der Waals surface area contributed by atoms with E-state index < -0.39 is 0 Å². The molecule has 5 rings (SSSR count). The molecule has 0 amide bonds. The van der Waals surface area contributed by atoms with Gasteiger partial charge in [0.1, 0.15) is 11.5 Å². The lowest BCUT2D eigenvalue weighted by atomic mass is 9.97. The monoisotopic (exact) mass is 371 g/mol. The number of furan rings is 1. The van der Waals surface area contributed by atoms with E-state index in [1.54, 1.807) is 12.4 Å². The molecule has 3 heterocycles. The molecule has 0 unspecified atom stereocenters. The van der Waals surface area contributed by atoms with Crippen molar-refractivity contribution >= 4 is 11.3 Å². The zero-order valence-corrected chi connectivity index (χ0v) is 15.5. The molecule has 0 atom stereocenters. The van der Waals surface area contributed by atoms with Crippen molar-refractivity contribution in [3.8, 4) is 22.5 Å². The highest BCUT2D eigenvalue weighted by Crippen LogP contribution is 2.39. The van der Waals surface area contributed by atoms with Crippen LogP contribution in [0.25, 0.3) is 28.0 Å². The number of hydrogen-bond donors (Lipinski definition) is 2. The van der Waals surface area contributed by atoms with Crippen molar-refractivity contribution in [1.82, 2.24) is 10.3 Å². The van der Waals surface area contributed by atoms with Crippen LogP contribution in [0, 0.1) is 0 Å². The van der Waals surface area contributed by atoms with Crippen LogP contribution in [-0.2, 0) is 6.42 Å². The minimum absolute atomic E-state index is 0.767. The minimum Gasteiger partial charge on any atom is -0.456 e. The number of aryl methyl sites for hydroxylation is 1. The van der Waals surface area contributed by atoms with Crippen LogP contribution in [-0.4, -0.2) is 29.0 Å². The van der Waals surface area contributed by atoms with E-state index in [1.807, 2.05) is 12.1 Å². The van der Waals surface area contributed by atoms with Crippen molar-refractivity contribution in [2.24, 2.45) is 5.16 Å². The number of nitrogens with zero attached hydrogens (tertiary/aromatic N) is 2. The van der Waals surface area contributed by atoms with E-state index in [2.05, 4.69) is 45.8 Å². The number of rotatable bonds is 3. The van der Waals surface area contributed by atoms with Crippen LogP contribution in [0.4, 0.5) is 0 Å². The molecule has 5 nitrogen and oxygen atoms in total. The van der Waals surface area contributed by atoms with Gasteiger partial charge in [0.25, 0.3) is 0 Å². The maximum atomic E-state index is 9.20. The molecule has 0 spiro atoms. The lowest BCUT2D eigenvalue weighted by Crippen LogP contribution is -2.19. The average Bonchev–Trinajstić information content (AvgIpc) is 3.39. The summed E-state index contributed by atoms with van der Waals surface area (Å²) in [7, 11) is 0. The van der Waals surface area contributed by atoms with Crippen molar-refractivity contribution < 1.29 is 9.62 Å². The van der Waals surface area contributed by atoms with Crippen molar-refractivity contribution in [3.63, 3.8) is 0 Å². The first kappa shape index (κ1) is 17.0. The Labute approximate surface area is 163 Å². The highest BCUT2D eigenvalue weighted by Gasteiger charge is 2.22. The maximum Gasteiger partial charge on any atom is 0.142 e. The van der Waals surface area contributed by atoms with E-state index in [-0.39, 0.29) is 0 Å². The van der Waals surface area contributed by atoms with E-state index in [9.17, 15) is 5.21 Å². The third-order valence-electron chi connectivity index (χ3n) is 5.53. The van der Waals surface area contributed by atoms with Gasteiger partial charge in [-0.25, -0.2) is 0 Å². The van der Waals surface area contributed by atoms with Gasteiger partial charge in [-0.2, -0.15) is 0 Å². The van der Waals surface area contributed by atoms with Crippen LogP contribution < -0.4 is 5.32 Å². The maximum absolute atomic E-state index is 9.20. The van der Waals surface area contributed by atoms with Crippen molar-refractivity contribution in [1.29, 1.82) is 0 Å². The topological polar surface area (TPSA) is 70.7 Å². The summed E-state index contributed by atoms with van der Waals surface area (Å²) in [6, 6.07) is 12.5.